The van der Waals surface area contributed by atoms with Gasteiger partial charge in [0.15, 0.2) is 0 Å². The smallest absolute Gasteiger partial charge is 0.296 e. The van der Waals surface area contributed by atoms with Crippen molar-refractivity contribution < 1.29 is 19.1 Å². The van der Waals surface area contributed by atoms with Crippen LogP contribution in [0.2, 0.25) is 0 Å². The van der Waals surface area contributed by atoms with Crippen molar-refractivity contribution in [2.24, 2.45) is 0 Å². The summed E-state index contributed by atoms with van der Waals surface area (Å²) in [5.74, 6) is 0.157. The van der Waals surface area contributed by atoms with E-state index in [4.69, 9.17) is 9.47 Å². The quantitative estimate of drug-likeness (QED) is 0.560. The van der Waals surface area contributed by atoms with Crippen molar-refractivity contribution in [2.75, 3.05) is 38.7 Å². The molecule has 0 aromatic heterocycles. The predicted molar refractivity (Wildman–Crippen MR) is 108 cm³/mol. The molecule has 2 aromatic carbocycles. The molecule has 3 rings (SSSR count). The zero-order valence-electron chi connectivity index (χ0n) is 16.4. The van der Waals surface area contributed by atoms with E-state index in [1.165, 1.54) is 12.8 Å². The monoisotopic (exact) mass is 382 g/mol. The van der Waals surface area contributed by atoms with Gasteiger partial charge in [0.1, 0.15) is 18.1 Å². The Labute approximate surface area is 165 Å². The van der Waals surface area contributed by atoms with E-state index >= 15 is 0 Å². The molecule has 0 atom stereocenters. The van der Waals surface area contributed by atoms with E-state index in [0.29, 0.717) is 23.6 Å². The highest BCUT2D eigenvalue weighted by Crippen LogP contribution is 2.22. The number of carbonyl (C=O) groups excluding carboxylic acids is 2. The van der Waals surface area contributed by atoms with Crippen LogP contribution in [0.4, 0.5) is 5.69 Å². The van der Waals surface area contributed by atoms with Crippen LogP contribution in [0.5, 0.6) is 11.5 Å². The Morgan fingerprint density at radius 3 is 2.43 bits per heavy atom. The molecule has 1 amide bonds. The molecule has 28 heavy (non-hydrogen) atoms. The van der Waals surface area contributed by atoms with Gasteiger partial charge < -0.3 is 14.8 Å². The average molecular weight is 382 g/mol. The number of benzene rings is 2. The van der Waals surface area contributed by atoms with E-state index in [1.807, 2.05) is 19.1 Å². The molecule has 0 radical (unpaired) electrons. The molecule has 1 aliphatic heterocycles. The van der Waals surface area contributed by atoms with Crippen molar-refractivity contribution >= 4 is 17.4 Å². The van der Waals surface area contributed by atoms with Crippen LogP contribution >= 0.6 is 0 Å². The van der Waals surface area contributed by atoms with E-state index < -0.39 is 11.7 Å². The minimum atomic E-state index is -0.674. The van der Waals surface area contributed by atoms with Gasteiger partial charge in [0.05, 0.1) is 7.11 Å². The number of hydrogen-bond acceptors (Lipinski definition) is 5. The Bertz CT molecular complexity index is 827. The van der Waals surface area contributed by atoms with Crippen molar-refractivity contribution in [3.05, 3.63) is 53.6 Å². The number of aryl methyl sites for hydroxylation is 1. The molecule has 1 heterocycles. The first kappa shape index (κ1) is 19.9. The molecule has 0 unspecified atom stereocenters. The summed E-state index contributed by atoms with van der Waals surface area (Å²) in [5.41, 5.74) is 1.80. The third-order valence-electron chi connectivity index (χ3n) is 4.86. The van der Waals surface area contributed by atoms with Gasteiger partial charge in [0, 0.05) is 17.8 Å². The van der Waals surface area contributed by atoms with Gasteiger partial charge in [-0.1, -0.05) is 0 Å². The SMILES string of the molecule is COc1ccc(C(=O)C(=O)Nc2ccc(OCCN3CCCC3)c(C)c2)cc1. The second-order valence-electron chi connectivity index (χ2n) is 6.89. The van der Waals surface area contributed by atoms with Gasteiger partial charge in [0.2, 0.25) is 0 Å². The Morgan fingerprint density at radius 2 is 1.79 bits per heavy atom. The number of ether oxygens (including phenoxy) is 2. The van der Waals surface area contributed by atoms with Crippen molar-refractivity contribution in [3.63, 3.8) is 0 Å². The lowest BCUT2D eigenvalue weighted by Gasteiger charge is -2.16. The number of amides is 1. The van der Waals surface area contributed by atoms with Crippen LogP contribution in [0.1, 0.15) is 28.8 Å². The lowest BCUT2D eigenvalue weighted by atomic mass is 10.1. The molecule has 6 heteroatoms. The molecule has 0 saturated carbocycles. The van der Waals surface area contributed by atoms with Gasteiger partial charge in [0.25, 0.3) is 11.7 Å². The fourth-order valence-electron chi connectivity index (χ4n) is 3.24. The van der Waals surface area contributed by atoms with Crippen LogP contribution < -0.4 is 14.8 Å². The minimum absolute atomic E-state index is 0.317. The van der Waals surface area contributed by atoms with Crippen LogP contribution in [0.15, 0.2) is 42.5 Å². The lowest BCUT2D eigenvalue weighted by molar-refractivity contribution is -0.112. The largest absolute Gasteiger partial charge is 0.497 e. The maximum Gasteiger partial charge on any atom is 0.296 e. The minimum Gasteiger partial charge on any atom is -0.497 e. The first-order valence-corrected chi connectivity index (χ1v) is 9.52. The highest BCUT2D eigenvalue weighted by atomic mass is 16.5. The topological polar surface area (TPSA) is 67.9 Å². The van der Waals surface area contributed by atoms with Crippen LogP contribution in [0.25, 0.3) is 0 Å². The van der Waals surface area contributed by atoms with E-state index in [0.717, 1.165) is 30.9 Å². The Kier molecular flexibility index (Phi) is 6.66. The summed E-state index contributed by atoms with van der Waals surface area (Å²) in [6.45, 7) is 5.79. The normalized spacial score (nSPS) is 13.9. The summed E-state index contributed by atoms with van der Waals surface area (Å²) in [4.78, 5) is 26.9. The number of nitrogens with zero attached hydrogens (tertiary/aromatic N) is 1. The zero-order chi connectivity index (χ0) is 19.9. The molecule has 1 fully saturated rings. The fraction of sp³-hybridized carbons (Fsp3) is 0.364. The standard InChI is InChI=1S/C22H26N2O4/c1-16-15-18(7-10-20(16)28-14-13-24-11-3-4-12-24)23-22(26)21(25)17-5-8-19(27-2)9-6-17/h5-10,15H,3-4,11-14H2,1-2H3,(H,23,26). The van der Waals surface area contributed by atoms with Crippen LogP contribution in [-0.4, -0.2) is 49.9 Å². The van der Waals surface area contributed by atoms with Crippen molar-refractivity contribution in [1.29, 1.82) is 0 Å². The first-order chi connectivity index (χ1) is 13.6. The van der Waals surface area contributed by atoms with E-state index in [1.54, 1.807) is 37.4 Å². The van der Waals surface area contributed by atoms with Gasteiger partial charge in [-0.3, -0.25) is 14.5 Å². The Morgan fingerprint density at radius 1 is 1.07 bits per heavy atom. The molecule has 148 valence electrons. The summed E-state index contributed by atoms with van der Waals surface area (Å²) >= 11 is 0. The summed E-state index contributed by atoms with van der Waals surface area (Å²) in [7, 11) is 1.55. The second-order valence-corrected chi connectivity index (χ2v) is 6.89. The number of anilines is 1. The molecule has 1 N–H and O–H groups in total. The Balaban J connectivity index is 1.55. The molecule has 2 aromatic rings. The van der Waals surface area contributed by atoms with Crippen molar-refractivity contribution in [2.45, 2.75) is 19.8 Å². The molecule has 0 spiro atoms. The summed E-state index contributed by atoms with van der Waals surface area (Å²) < 4.78 is 10.9. The van der Waals surface area contributed by atoms with Gasteiger partial charge in [-0.05, 0) is 80.9 Å². The zero-order valence-corrected chi connectivity index (χ0v) is 16.4. The number of methoxy groups -OCH3 is 1. The molecule has 0 aliphatic carbocycles. The molecule has 6 nitrogen and oxygen atoms in total. The van der Waals surface area contributed by atoms with E-state index in [2.05, 4.69) is 10.2 Å². The maximum atomic E-state index is 12.3. The number of hydrogen-bond donors (Lipinski definition) is 1. The second kappa shape index (κ2) is 9.37. The number of nitrogens with one attached hydrogen (secondary N) is 1. The molecule has 1 saturated heterocycles. The van der Waals surface area contributed by atoms with Gasteiger partial charge in [-0.15, -0.1) is 0 Å². The van der Waals surface area contributed by atoms with Gasteiger partial charge in [-0.25, -0.2) is 0 Å². The number of ketones is 1. The van der Waals surface area contributed by atoms with E-state index in [9.17, 15) is 9.59 Å². The average Bonchev–Trinajstić information content (AvgIpc) is 3.22. The van der Waals surface area contributed by atoms with Crippen LogP contribution in [-0.2, 0) is 4.79 Å². The third kappa shape index (κ3) is 5.10. The molecular weight excluding hydrogens is 356 g/mol. The Hall–Kier alpha value is -2.86. The highest BCUT2D eigenvalue weighted by molar-refractivity contribution is 6.46. The van der Waals surface area contributed by atoms with E-state index in [-0.39, 0.29) is 0 Å². The van der Waals surface area contributed by atoms with Crippen LogP contribution in [0, 0.1) is 6.92 Å². The third-order valence-corrected chi connectivity index (χ3v) is 4.86. The predicted octanol–water partition coefficient (Wildman–Crippen LogP) is 3.30. The summed E-state index contributed by atoms with van der Waals surface area (Å²) in [6.07, 6.45) is 2.53. The summed E-state index contributed by atoms with van der Waals surface area (Å²) in [6, 6.07) is 11.8. The van der Waals surface area contributed by atoms with Crippen LogP contribution in [0.3, 0.4) is 0 Å². The van der Waals surface area contributed by atoms with Gasteiger partial charge in [-0.2, -0.15) is 0 Å². The lowest BCUT2D eigenvalue weighted by Crippen LogP contribution is -2.25. The highest BCUT2D eigenvalue weighted by Gasteiger charge is 2.17. The maximum absolute atomic E-state index is 12.3. The number of Topliss-reactive ketones (excluding diaryl/α,β-unsaturated/α-hetero) is 1. The number of rotatable bonds is 8. The van der Waals surface area contributed by atoms with Gasteiger partial charge >= 0.3 is 0 Å². The summed E-state index contributed by atoms with van der Waals surface area (Å²) in [5, 5.41) is 2.65. The molecular formula is C22H26N2O4. The number of likely N-dealkylation sites (tertiary alicyclic amines) is 1. The molecule has 1 aliphatic rings. The van der Waals surface area contributed by atoms with Crippen molar-refractivity contribution in [1.82, 2.24) is 4.90 Å². The number of carbonyl (C=O) groups is 2. The first-order valence-electron chi connectivity index (χ1n) is 9.52. The molecule has 0 bridgehead atoms. The van der Waals surface area contributed by atoms with Crippen molar-refractivity contribution in [3.8, 4) is 11.5 Å². The fourth-order valence-corrected chi connectivity index (χ4v) is 3.24.